The van der Waals surface area contributed by atoms with Crippen LogP contribution in [0.15, 0.2) is 45.0 Å². The van der Waals surface area contributed by atoms with Crippen LogP contribution in [0, 0.1) is 0 Å². The van der Waals surface area contributed by atoms with Crippen molar-refractivity contribution in [3.63, 3.8) is 0 Å². The molecule has 10 heteroatoms. The van der Waals surface area contributed by atoms with Crippen LogP contribution in [0.2, 0.25) is 0 Å². The SMILES string of the molecule is C=C(C)Cn1c(N/N=C/c2ccc(O)cc2O)nc2c1c(=O)n(C)c(=O)n2C. The molecule has 3 aromatic rings. The van der Waals surface area contributed by atoms with Crippen LogP contribution in [0.1, 0.15) is 12.5 Å². The van der Waals surface area contributed by atoms with Crippen molar-refractivity contribution >= 4 is 23.3 Å². The van der Waals surface area contributed by atoms with Crippen molar-refractivity contribution in [2.24, 2.45) is 19.2 Å². The molecule has 3 N–H and O–H groups in total. The van der Waals surface area contributed by atoms with Crippen molar-refractivity contribution in [1.82, 2.24) is 18.7 Å². The number of benzene rings is 1. The van der Waals surface area contributed by atoms with Crippen molar-refractivity contribution in [3.05, 3.63) is 56.8 Å². The Labute approximate surface area is 159 Å². The first-order valence-electron chi connectivity index (χ1n) is 8.32. The summed E-state index contributed by atoms with van der Waals surface area (Å²) in [4.78, 5) is 29.1. The molecular formula is C18H20N6O4. The molecule has 0 spiro atoms. The van der Waals surface area contributed by atoms with Crippen LogP contribution >= 0.6 is 0 Å². The Bertz CT molecular complexity index is 1230. The zero-order valence-electron chi connectivity index (χ0n) is 15.7. The number of hydrazone groups is 1. The van der Waals surface area contributed by atoms with Crippen molar-refractivity contribution in [1.29, 1.82) is 0 Å². The molecule has 0 aliphatic rings. The normalized spacial score (nSPS) is 11.4. The van der Waals surface area contributed by atoms with E-state index in [0.717, 1.165) is 10.1 Å². The third-order valence-corrected chi connectivity index (χ3v) is 4.16. The van der Waals surface area contributed by atoms with Crippen molar-refractivity contribution in [2.75, 3.05) is 5.43 Å². The fraction of sp³-hybridized carbons (Fsp3) is 0.222. The van der Waals surface area contributed by atoms with Gasteiger partial charge in [0.2, 0.25) is 5.95 Å². The van der Waals surface area contributed by atoms with Crippen LogP contribution < -0.4 is 16.7 Å². The summed E-state index contributed by atoms with van der Waals surface area (Å²) in [6.07, 6.45) is 1.34. The van der Waals surface area contributed by atoms with Gasteiger partial charge in [-0.2, -0.15) is 10.1 Å². The molecule has 3 rings (SSSR count). The second-order valence-corrected chi connectivity index (χ2v) is 6.47. The van der Waals surface area contributed by atoms with E-state index in [0.29, 0.717) is 12.1 Å². The molecule has 0 amide bonds. The van der Waals surface area contributed by atoms with E-state index < -0.39 is 11.2 Å². The number of hydrogen-bond donors (Lipinski definition) is 3. The Morgan fingerprint density at radius 1 is 1.29 bits per heavy atom. The number of fused-ring (bicyclic) bond motifs is 1. The number of rotatable bonds is 5. The number of nitrogens with zero attached hydrogens (tertiary/aromatic N) is 5. The summed E-state index contributed by atoms with van der Waals surface area (Å²) in [5.41, 5.74) is 3.40. The lowest BCUT2D eigenvalue weighted by atomic mass is 10.2. The maximum absolute atomic E-state index is 12.6. The zero-order chi connectivity index (χ0) is 20.6. The molecule has 2 aromatic heterocycles. The largest absolute Gasteiger partial charge is 0.508 e. The van der Waals surface area contributed by atoms with Gasteiger partial charge in [0.15, 0.2) is 11.2 Å². The van der Waals surface area contributed by atoms with Gasteiger partial charge in [0.25, 0.3) is 5.56 Å². The average molecular weight is 384 g/mol. The molecule has 0 fully saturated rings. The van der Waals surface area contributed by atoms with E-state index in [4.69, 9.17) is 0 Å². The quantitative estimate of drug-likeness (QED) is 0.340. The van der Waals surface area contributed by atoms with Gasteiger partial charge < -0.3 is 10.2 Å². The highest BCUT2D eigenvalue weighted by atomic mass is 16.3. The van der Waals surface area contributed by atoms with Gasteiger partial charge in [-0.05, 0) is 19.1 Å². The Morgan fingerprint density at radius 3 is 2.64 bits per heavy atom. The number of imidazole rings is 1. The van der Waals surface area contributed by atoms with E-state index in [1.807, 2.05) is 0 Å². The molecule has 146 valence electrons. The second-order valence-electron chi connectivity index (χ2n) is 6.47. The van der Waals surface area contributed by atoms with E-state index in [-0.39, 0.29) is 28.6 Å². The van der Waals surface area contributed by atoms with Crippen LogP contribution in [0.3, 0.4) is 0 Å². The predicted molar refractivity (Wildman–Crippen MR) is 106 cm³/mol. The summed E-state index contributed by atoms with van der Waals surface area (Å²) in [5, 5.41) is 23.2. The van der Waals surface area contributed by atoms with Gasteiger partial charge in [-0.25, -0.2) is 10.2 Å². The van der Waals surface area contributed by atoms with Crippen molar-refractivity contribution in [3.8, 4) is 11.5 Å². The van der Waals surface area contributed by atoms with Crippen LogP contribution in [-0.4, -0.2) is 35.1 Å². The van der Waals surface area contributed by atoms with Gasteiger partial charge in [0.05, 0.1) is 6.21 Å². The van der Waals surface area contributed by atoms with Crippen LogP contribution in [0.4, 0.5) is 5.95 Å². The summed E-state index contributed by atoms with van der Waals surface area (Å²) in [6.45, 7) is 5.97. The standard InChI is InChI=1S/C18H20N6O4/c1-10(2)9-24-14-15(22(3)18(28)23(4)16(14)27)20-17(24)21-19-8-11-5-6-12(25)7-13(11)26/h5-8,25-26H,1,9H2,2-4H3,(H,20,21)/b19-8+. The summed E-state index contributed by atoms with van der Waals surface area (Å²) >= 11 is 0. The van der Waals surface area contributed by atoms with Gasteiger partial charge >= 0.3 is 5.69 Å². The molecule has 1 aromatic carbocycles. The van der Waals surface area contributed by atoms with Crippen LogP contribution in [0.5, 0.6) is 11.5 Å². The number of phenols is 2. The van der Waals surface area contributed by atoms with Crippen molar-refractivity contribution in [2.45, 2.75) is 13.5 Å². The molecular weight excluding hydrogens is 364 g/mol. The Kier molecular flexibility index (Phi) is 4.78. The van der Waals surface area contributed by atoms with Gasteiger partial charge in [-0.3, -0.25) is 18.5 Å². The minimum Gasteiger partial charge on any atom is -0.508 e. The number of hydrogen-bond acceptors (Lipinski definition) is 7. The Morgan fingerprint density at radius 2 is 2.00 bits per heavy atom. The topological polar surface area (TPSA) is 127 Å². The molecule has 0 unspecified atom stereocenters. The smallest absolute Gasteiger partial charge is 0.332 e. The maximum atomic E-state index is 12.6. The van der Waals surface area contributed by atoms with Gasteiger partial charge in [-0.1, -0.05) is 12.2 Å². The highest BCUT2D eigenvalue weighted by Gasteiger charge is 2.18. The average Bonchev–Trinajstić information content (AvgIpc) is 2.98. The summed E-state index contributed by atoms with van der Waals surface area (Å²) in [6, 6.07) is 4.10. The predicted octanol–water partition coefficient (Wildman–Crippen LogP) is 0.867. The first-order valence-corrected chi connectivity index (χ1v) is 8.32. The van der Waals surface area contributed by atoms with E-state index in [1.165, 1.54) is 43.1 Å². The third-order valence-electron chi connectivity index (χ3n) is 4.16. The molecule has 0 saturated carbocycles. The fourth-order valence-corrected chi connectivity index (χ4v) is 2.76. The lowest BCUT2D eigenvalue weighted by Crippen LogP contribution is -2.37. The summed E-state index contributed by atoms with van der Waals surface area (Å²) < 4.78 is 3.89. The first-order chi connectivity index (χ1) is 13.2. The molecule has 2 heterocycles. The van der Waals surface area contributed by atoms with E-state index in [2.05, 4.69) is 22.1 Å². The van der Waals surface area contributed by atoms with Gasteiger partial charge in [0.1, 0.15) is 11.5 Å². The monoisotopic (exact) mass is 384 g/mol. The molecule has 28 heavy (non-hydrogen) atoms. The van der Waals surface area contributed by atoms with Crippen LogP contribution in [0.25, 0.3) is 11.2 Å². The van der Waals surface area contributed by atoms with E-state index in [1.54, 1.807) is 11.5 Å². The fourth-order valence-electron chi connectivity index (χ4n) is 2.76. The zero-order valence-corrected chi connectivity index (χ0v) is 15.7. The van der Waals surface area contributed by atoms with Crippen molar-refractivity contribution < 1.29 is 10.2 Å². The maximum Gasteiger partial charge on any atom is 0.332 e. The number of phenolic OH excluding ortho intramolecular Hbond substituents is 2. The third kappa shape index (κ3) is 3.27. The van der Waals surface area contributed by atoms with Gasteiger partial charge in [0, 0.05) is 32.3 Å². The van der Waals surface area contributed by atoms with E-state index in [9.17, 15) is 19.8 Å². The van der Waals surface area contributed by atoms with Gasteiger partial charge in [-0.15, -0.1) is 0 Å². The first kappa shape index (κ1) is 19.0. The van der Waals surface area contributed by atoms with E-state index >= 15 is 0 Å². The lowest BCUT2D eigenvalue weighted by molar-refractivity contribution is 0.450. The highest BCUT2D eigenvalue weighted by Crippen LogP contribution is 2.21. The number of aryl methyl sites for hydroxylation is 1. The number of allylic oxidation sites excluding steroid dienone is 1. The van der Waals surface area contributed by atoms with Crippen LogP contribution in [-0.2, 0) is 20.6 Å². The molecule has 0 bridgehead atoms. The lowest BCUT2D eigenvalue weighted by Gasteiger charge is -2.08. The molecule has 0 saturated heterocycles. The number of aromatic nitrogens is 4. The highest BCUT2D eigenvalue weighted by molar-refractivity contribution is 5.84. The molecule has 0 aliphatic carbocycles. The second kappa shape index (κ2) is 7.06. The Hall–Kier alpha value is -3.82. The number of aromatic hydroxyl groups is 2. The molecule has 10 nitrogen and oxygen atoms in total. The summed E-state index contributed by atoms with van der Waals surface area (Å²) in [5.74, 6) is 0.0331. The molecule has 0 aliphatic heterocycles. The Balaban J connectivity index is 2.09. The minimum atomic E-state index is -0.485. The molecule has 0 radical (unpaired) electrons. The number of nitrogens with one attached hydrogen (secondary N) is 1. The number of anilines is 1. The molecule has 0 atom stereocenters. The summed E-state index contributed by atoms with van der Waals surface area (Å²) in [7, 11) is 2.94. The minimum absolute atomic E-state index is 0.0670.